The summed E-state index contributed by atoms with van der Waals surface area (Å²) < 4.78 is 46.8. The Morgan fingerprint density at radius 1 is 1.27 bits per heavy atom. The average molecular weight is 637 g/mol. The Morgan fingerprint density at radius 3 is 2.73 bits per heavy atom. The summed E-state index contributed by atoms with van der Waals surface area (Å²) >= 11 is 0. The van der Waals surface area contributed by atoms with Gasteiger partial charge in [-0.3, -0.25) is 14.3 Å². The van der Waals surface area contributed by atoms with Crippen LogP contribution in [0.4, 0.5) is 0 Å². The number of hydrogen-bond donors (Lipinski definition) is 4. The van der Waals surface area contributed by atoms with Crippen molar-refractivity contribution in [2.24, 2.45) is 15.8 Å². The van der Waals surface area contributed by atoms with Crippen LogP contribution in [-0.4, -0.2) is 109 Å². The average Bonchev–Trinajstić information content (AvgIpc) is 3.56. The number of carbonyl (C=O) groups is 1. The first-order chi connectivity index (χ1) is 21.1. The molecule has 1 aromatic carbocycles. The van der Waals surface area contributed by atoms with Gasteiger partial charge >= 0.3 is 13.7 Å². The Hall–Kier alpha value is -3.39. The molecular formula is C27H37N6O10P. The second-order valence-electron chi connectivity index (χ2n) is 9.95. The van der Waals surface area contributed by atoms with Gasteiger partial charge in [0, 0.05) is 6.61 Å². The number of esters is 1. The number of amidine groups is 1. The van der Waals surface area contributed by atoms with Crippen LogP contribution < -0.4 is 15.3 Å². The highest BCUT2D eigenvalue weighted by atomic mass is 31.2. The van der Waals surface area contributed by atoms with Gasteiger partial charge in [-0.15, -0.1) is 0 Å². The molecule has 0 aromatic heterocycles. The maximum absolute atomic E-state index is 13.9. The molecule has 3 aliphatic rings. The molecule has 3 aliphatic heterocycles. The van der Waals surface area contributed by atoms with Crippen molar-refractivity contribution < 1.29 is 47.6 Å². The lowest BCUT2D eigenvalue weighted by Gasteiger charge is -2.36. The third kappa shape index (κ3) is 7.63. The third-order valence-corrected chi connectivity index (χ3v) is 8.65. The molecular weight excluding hydrogens is 599 g/mol. The van der Waals surface area contributed by atoms with Crippen molar-refractivity contribution in [3.05, 3.63) is 42.1 Å². The van der Waals surface area contributed by atoms with Gasteiger partial charge in [-0.05, 0) is 32.4 Å². The smallest absolute Gasteiger partial charge is 0.459 e. The maximum atomic E-state index is 13.9. The summed E-state index contributed by atoms with van der Waals surface area (Å²) in [6.07, 6.45) is -1.51. The molecule has 5 N–H and O–H groups in total. The van der Waals surface area contributed by atoms with E-state index in [2.05, 4.69) is 15.2 Å². The standard InChI is InChI=1S/C27H37N6O10P/c1-3-38-11-12-39-13-14-40-26(36)18(2)32-44(37,43-19-7-5-4-6-8-19)41-15-21-23(34)24(35)27(16-28,42-21)22-10-9-20-25(29)30-17-31-33(20)22/h4-9,17-18,21-24,34-35H,3,10-15H2,1-2H3,(H,32,37)(H2,29,30,31)/t18-,21+,22?,23+,24+,27-,44?/m0/s1. The van der Waals surface area contributed by atoms with Gasteiger partial charge in [0.2, 0.25) is 5.60 Å². The number of nitrogens with one attached hydrogen (secondary N) is 1. The van der Waals surface area contributed by atoms with Gasteiger partial charge in [-0.25, -0.2) is 9.56 Å². The van der Waals surface area contributed by atoms with E-state index in [0.29, 0.717) is 25.5 Å². The summed E-state index contributed by atoms with van der Waals surface area (Å²) in [6, 6.07) is 8.06. The van der Waals surface area contributed by atoms with E-state index in [-0.39, 0.29) is 31.2 Å². The Bertz CT molecular complexity index is 1320. The molecule has 1 aromatic rings. The van der Waals surface area contributed by atoms with Crippen LogP contribution in [0.15, 0.2) is 52.2 Å². The fourth-order valence-corrected chi connectivity index (χ4v) is 6.30. The molecule has 0 amide bonds. The Labute approximate surface area is 254 Å². The summed E-state index contributed by atoms with van der Waals surface area (Å²) in [5.41, 5.74) is 4.41. The zero-order chi connectivity index (χ0) is 31.7. The van der Waals surface area contributed by atoms with E-state index in [0.717, 1.165) is 0 Å². The van der Waals surface area contributed by atoms with E-state index in [1.165, 1.54) is 30.4 Å². The normalized spacial score (nSPS) is 27.9. The predicted octanol–water partition coefficient (Wildman–Crippen LogP) is 0.420. The predicted molar refractivity (Wildman–Crippen MR) is 155 cm³/mol. The highest BCUT2D eigenvalue weighted by molar-refractivity contribution is 7.52. The van der Waals surface area contributed by atoms with Gasteiger partial charge in [-0.2, -0.15) is 15.5 Å². The first-order valence-corrected chi connectivity index (χ1v) is 15.6. The number of aliphatic hydroxyl groups excluding tert-OH is 2. The maximum Gasteiger partial charge on any atom is 0.459 e. The van der Waals surface area contributed by atoms with Gasteiger partial charge in [0.15, 0.2) is 5.84 Å². The van der Waals surface area contributed by atoms with Crippen LogP contribution in [0.1, 0.15) is 20.3 Å². The number of nitrogens with two attached hydrogens (primary N) is 1. The largest absolute Gasteiger partial charge is 0.462 e. The number of aliphatic hydroxyl groups is 2. The van der Waals surface area contributed by atoms with Gasteiger partial charge in [0.05, 0.1) is 32.1 Å². The topological polar surface area (TPSA) is 220 Å². The molecule has 3 heterocycles. The number of hydrazone groups is 1. The molecule has 16 nitrogen and oxygen atoms in total. The third-order valence-electron chi connectivity index (χ3n) is 7.00. The molecule has 0 radical (unpaired) electrons. The fraction of sp³-hybridized carbons (Fsp3) is 0.556. The monoisotopic (exact) mass is 636 g/mol. The quantitative estimate of drug-likeness (QED) is 0.110. The number of aliphatic imine (C=N–C) groups is 1. The minimum atomic E-state index is -4.35. The van der Waals surface area contributed by atoms with Gasteiger partial charge in [0.1, 0.15) is 55.2 Å². The highest BCUT2D eigenvalue weighted by Crippen LogP contribution is 2.47. The zero-order valence-electron chi connectivity index (χ0n) is 24.4. The minimum absolute atomic E-state index is 0.0474. The molecule has 1 saturated heterocycles. The molecule has 0 bridgehead atoms. The van der Waals surface area contributed by atoms with E-state index < -0.39 is 56.3 Å². The first-order valence-electron chi connectivity index (χ1n) is 14.0. The van der Waals surface area contributed by atoms with Crippen LogP contribution in [0, 0.1) is 11.3 Å². The number of nitrogens with zero attached hydrogens (tertiary/aromatic N) is 4. The number of ether oxygens (including phenoxy) is 4. The number of carbonyl (C=O) groups excluding carboxylic acids is 1. The molecule has 7 atom stereocenters. The SMILES string of the molecule is CCOCCOCCOC(=O)[C@H](C)NP(=O)(OC[C@H]1O[C@@](C#N)(C2CC=C3C(N)=NC=NN32)[C@H](O)[C@@H]1O)Oc1ccccc1. The van der Waals surface area contributed by atoms with Gasteiger partial charge in [-0.1, -0.05) is 24.3 Å². The summed E-state index contributed by atoms with van der Waals surface area (Å²) in [6.45, 7) is 4.11. The van der Waals surface area contributed by atoms with Crippen LogP contribution in [0.3, 0.4) is 0 Å². The number of nitriles is 1. The number of para-hydroxylation sites is 1. The number of benzene rings is 1. The van der Waals surface area contributed by atoms with Crippen molar-refractivity contribution in [3.63, 3.8) is 0 Å². The van der Waals surface area contributed by atoms with Crippen LogP contribution >= 0.6 is 7.75 Å². The Kier molecular flexibility index (Phi) is 11.5. The zero-order valence-corrected chi connectivity index (χ0v) is 25.2. The lowest BCUT2D eigenvalue weighted by molar-refractivity contribution is -0.147. The molecule has 17 heteroatoms. The number of hydrogen-bond acceptors (Lipinski definition) is 15. The van der Waals surface area contributed by atoms with Crippen molar-refractivity contribution in [1.82, 2.24) is 10.1 Å². The van der Waals surface area contributed by atoms with Crippen LogP contribution in [0.5, 0.6) is 5.75 Å². The highest BCUT2D eigenvalue weighted by Gasteiger charge is 2.62. The number of fused-ring (bicyclic) bond motifs is 1. The fourth-order valence-electron chi connectivity index (χ4n) is 4.80. The molecule has 4 rings (SSSR count). The van der Waals surface area contributed by atoms with E-state index in [1.807, 2.05) is 13.0 Å². The first kappa shape index (κ1) is 33.5. The molecule has 1 fully saturated rings. The second kappa shape index (κ2) is 15.1. The van der Waals surface area contributed by atoms with Crippen LogP contribution in [0.2, 0.25) is 0 Å². The van der Waals surface area contributed by atoms with E-state index in [4.69, 9.17) is 33.7 Å². The molecule has 240 valence electrons. The summed E-state index contributed by atoms with van der Waals surface area (Å²) in [7, 11) is -4.35. The summed E-state index contributed by atoms with van der Waals surface area (Å²) in [4.78, 5) is 16.5. The van der Waals surface area contributed by atoms with Crippen molar-refractivity contribution in [2.75, 3.05) is 39.6 Å². The molecule has 44 heavy (non-hydrogen) atoms. The molecule has 0 aliphatic carbocycles. The Morgan fingerprint density at radius 2 is 2.00 bits per heavy atom. The summed E-state index contributed by atoms with van der Waals surface area (Å²) in [5, 5.41) is 40.2. The van der Waals surface area contributed by atoms with E-state index in [9.17, 15) is 24.8 Å². The molecule has 2 unspecified atom stereocenters. The Balaban J connectivity index is 1.41. The van der Waals surface area contributed by atoms with Crippen LogP contribution in [-0.2, 0) is 32.8 Å². The van der Waals surface area contributed by atoms with Crippen molar-refractivity contribution >= 4 is 25.9 Å². The van der Waals surface area contributed by atoms with Crippen molar-refractivity contribution in [1.29, 1.82) is 5.26 Å². The van der Waals surface area contributed by atoms with Crippen molar-refractivity contribution in [2.45, 2.75) is 56.3 Å². The van der Waals surface area contributed by atoms with Gasteiger partial charge in [0.25, 0.3) is 0 Å². The number of rotatable bonds is 16. The van der Waals surface area contributed by atoms with Crippen LogP contribution in [0.25, 0.3) is 0 Å². The lowest BCUT2D eigenvalue weighted by atomic mass is 9.87. The van der Waals surface area contributed by atoms with Gasteiger partial charge < -0.3 is 39.4 Å². The van der Waals surface area contributed by atoms with E-state index >= 15 is 0 Å². The van der Waals surface area contributed by atoms with E-state index in [1.54, 1.807) is 24.3 Å². The van der Waals surface area contributed by atoms with Crippen molar-refractivity contribution in [3.8, 4) is 11.8 Å². The lowest BCUT2D eigenvalue weighted by Crippen LogP contribution is -2.56. The molecule has 0 spiro atoms. The minimum Gasteiger partial charge on any atom is -0.462 e. The summed E-state index contributed by atoms with van der Waals surface area (Å²) in [5.74, 6) is -0.405. The second-order valence-corrected chi connectivity index (χ2v) is 11.6. The molecule has 0 saturated carbocycles.